The third-order valence-electron chi connectivity index (χ3n) is 2.48. The maximum absolute atomic E-state index is 11.9. The number of rotatable bonds is 4. The third kappa shape index (κ3) is 2.66. The van der Waals surface area contributed by atoms with Gasteiger partial charge < -0.3 is 9.88 Å². The van der Waals surface area contributed by atoms with Crippen LogP contribution in [0.25, 0.3) is 0 Å². The summed E-state index contributed by atoms with van der Waals surface area (Å²) < 4.78 is 1.93. The smallest absolute Gasteiger partial charge is 0.268 e. The molecule has 0 radical (unpaired) electrons. The number of carbonyl (C=O) groups excluding carboxylic acids is 1. The van der Waals surface area contributed by atoms with Crippen molar-refractivity contribution in [2.75, 3.05) is 0 Å². The molecule has 0 fully saturated rings. The van der Waals surface area contributed by atoms with Crippen molar-refractivity contribution in [3.63, 3.8) is 0 Å². The van der Waals surface area contributed by atoms with Gasteiger partial charge in [0.25, 0.3) is 5.91 Å². The van der Waals surface area contributed by atoms with Gasteiger partial charge in [-0.2, -0.15) is 0 Å². The molecule has 3 nitrogen and oxygen atoms in total. The van der Waals surface area contributed by atoms with Crippen LogP contribution in [0.1, 0.15) is 43.7 Å². The molecule has 0 aliphatic carbocycles. The number of hydrogen-bond donors (Lipinski definition) is 1. The standard InChI is InChI=1S/C13H18N2O/c1-5-11(6-2)14-13(16)12-8-7-9-15(12)10(3)4/h1,7-11H,6H2,2-4H3,(H,14,16). The summed E-state index contributed by atoms with van der Waals surface area (Å²) in [4.78, 5) is 11.9. The van der Waals surface area contributed by atoms with Gasteiger partial charge in [0.2, 0.25) is 0 Å². The molecule has 1 heterocycles. The normalized spacial score (nSPS) is 12.2. The molecule has 0 saturated heterocycles. The molecule has 1 aromatic rings. The fraction of sp³-hybridized carbons (Fsp3) is 0.462. The van der Waals surface area contributed by atoms with Crippen molar-refractivity contribution in [1.29, 1.82) is 0 Å². The fourth-order valence-corrected chi connectivity index (χ4v) is 1.53. The van der Waals surface area contributed by atoms with E-state index >= 15 is 0 Å². The van der Waals surface area contributed by atoms with Gasteiger partial charge in [-0.3, -0.25) is 4.79 Å². The lowest BCUT2D eigenvalue weighted by Crippen LogP contribution is -2.34. The van der Waals surface area contributed by atoms with Crippen LogP contribution in [0, 0.1) is 12.3 Å². The molecule has 0 saturated carbocycles. The Bertz CT molecular complexity index is 398. The van der Waals surface area contributed by atoms with Gasteiger partial charge in [-0.15, -0.1) is 6.42 Å². The Balaban J connectivity index is 2.81. The molecule has 16 heavy (non-hydrogen) atoms. The predicted octanol–water partition coefficient (Wildman–Crippen LogP) is 2.21. The minimum Gasteiger partial charge on any atom is -0.341 e. The van der Waals surface area contributed by atoms with Gasteiger partial charge in [0.1, 0.15) is 5.69 Å². The Morgan fingerprint density at radius 3 is 2.81 bits per heavy atom. The maximum Gasteiger partial charge on any atom is 0.268 e. The lowest BCUT2D eigenvalue weighted by atomic mass is 10.2. The summed E-state index contributed by atoms with van der Waals surface area (Å²) in [6.07, 6.45) is 7.95. The first-order chi connectivity index (χ1) is 7.60. The van der Waals surface area contributed by atoms with Crippen LogP contribution in [0.3, 0.4) is 0 Å². The number of nitrogens with zero attached hydrogens (tertiary/aromatic N) is 1. The van der Waals surface area contributed by atoms with Crippen LogP contribution in [0.15, 0.2) is 18.3 Å². The van der Waals surface area contributed by atoms with E-state index in [4.69, 9.17) is 6.42 Å². The van der Waals surface area contributed by atoms with Gasteiger partial charge >= 0.3 is 0 Å². The lowest BCUT2D eigenvalue weighted by Gasteiger charge is -2.15. The molecule has 86 valence electrons. The van der Waals surface area contributed by atoms with E-state index in [-0.39, 0.29) is 18.0 Å². The second-order valence-electron chi connectivity index (χ2n) is 4.00. The Morgan fingerprint density at radius 1 is 1.62 bits per heavy atom. The molecule has 1 aromatic heterocycles. The summed E-state index contributed by atoms with van der Waals surface area (Å²) in [6.45, 7) is 6.02. The zero-order valence-electron chi connectivity index (χ0n) is 10.0. The molecular weight excluding hydrogens is 200 g/mol. The Kier molecular flexibility index (Phi) is 4.19. The quantitative estimate of drug-likeness (QED) is 0.772. The van der Waals surface area contributed by atoms with E-state index in [9.17, 15) is 4.79 Å². The molecule has 0 spiro atoms. The van der Waals surface area contributed by atoms with E-state index in [0.717, 1.165) is 6.42 Å². The largest absolute Gasteiger partial charge is 0.341 e. The van der Waals surface area contributed by atoms with Crippen LogP contribution in [0.4, 0.5) is 0 Å². The van der Waals surface area contributed by atoms with Gasteiger partial charge in [-0.05, 0) is 32.4 Å². The number of nitrogens with one attached hydrogen (secondary N) is 1. The molecule has 0 aromatic carbocycles. The highest BCUT2D eigenvalue weighted by molar-refractivity contribution is 5.93. The topological polar surface area (TPSA) is 34.0 Å². The molecule has 1 rings (SSSR count). The minimum absolute atomic E-state index is 0.108. The van der Waals surface area contributed by atoms with Gasteiger partial charge in [0.15, 0.2) is 0 Å². The first kappa shape index (κ1) is 12.4. The van der Waals surface area contributed by atoms with Crippen molar-refractivity contribution in [3.05, 3.63) is 24.0 Å². The summed E-state index contributed by atoms with van der Waals surface area (Å²) in [5.74, 6) is 2.44. The highest BCUT2D eigenvalue weighted by atomic mass is 16.2. The van der Waals surface area contributed by atoms with E-state index in [0.29, 0.717) is 5.69 Å². The summed E-state index contributed by atoms with van der Waals surface area (Å²) >= 11 is 0. The average molecular weight is 218 g/mol. The number of aromatic nitrogens is 1. The Hall–Kier alpha value is -1.69. The highest BCUT2D eigenvalue weighted by Gasteiger charge is 2.14. The van der Waals surface area contributed by atoms with Gasteiger partial charge in [-0.25, -0.2) is 0 Å². The van der Waals surface area contributed by atoms with Crippen LogP contribution in [0.2, 0.25) is 0 Å². The van der Waals surface area contributed by atoms with Gasteiger partial charge in [0, 0.05) is 12.2 Å². The number of hydrogen-bond acceptors (Lipinski definition) is 1. The molecule has 1 amide bonds. The molecule has 3 heteroatoms. The van der Waals surface area contributed by atoms with Crippen molar-refractivity contribution in [2.24, 2.45) is 0 Å². The van der Waals surface area contributed by atoms with Crippen LogP contribution >= 0.6 is 0 Å². The molecule has 0 aliphatic rings. The molecule has 1 unspecified atom stereocenters. The molecule has 1 N–H and O–H groups in total. The van der Waals surface area contributed by atoms with Gasteiger partial charge in [0.05, 0.1) is 6.04 Å². The summed E-state index contributed by atoms with van der Waals surface area (Å²) in [7, 11) is 0. The van der Waals surface area contributed by atoms with Crippen LogP contribution in [0.5, 0.6) is 0 Å². The van der Waals surface area contributed by atoms with E-state index in [1.54, 1.807) is 6.07 Å². The first-order valence-electron chi connectivity index (χ1n) is 5.54. The molecule has 0 bridgehead atoms. The van der Waals surface area contributed by atoms with Gasteiger partial charge in [-0.1, -0.05) is 12.8 Å². The zero-order valence-corrected chi connectivity index (χ0v) is 10.0. The SMILES string of the molecule is C#CC(CC)NC(=O)c1cccn1C(C)C. The minimum atomic E-state index is -0.192. The molecular formula is C13H18N2O. The zero-order chi connectivity index (χ0) is 12.1. The van der Waals surface area contributed by atoms with Crippen molar-refractivity contribution in [1.82, 2.24) is 9.88 Å². The summed E-state index contributed by atoms with van der Waals surface area (Å²) in [5, 5.41) is 2.82. The second-order valence-corrected chi connectivity index (χ2v) is 4.00. The number of amides is 1. The summed E-state index contributed by atoms with van der Waals surface area (Å²) in [6, 6.07) is 3.74. The fourth-order valence-electron chi connectivity index (χ4n) is 1.53. The molecule has 0 aliphatic heterocycles. The second kappa shape index (κ2) is 5.41. The summed E-state index contributed by atoms with van der Waals surface area (Å²) in [5.41, 5.74) is 0.656. The Morgan fingerprint density at radius 2 is 2.31 bits per heavy atom. The number of carbonyl (C=O) groups is 1. The van der Waals surface area contributed by atoms with Crippen molar-refractivity contribution >= 4 is 5.91 Å². The van der Waals surface area contributed by atoms with E-state index in [1.165, 1.54) is 0 Å². The first-order valence-corrected chi connectivity index (χ1v) is 5.54. The van der Waals surface area contributed by atoms with E-state index in [1.807, 2.05) is 37.6 Å². The van der Waals surface area contributed by atoms with E-state index in [2.05, 4.69) is 11.2 Å². The van der Waals surface area contributed by atoms with Crippen molar-refractivity contribution in [2.45, 2.75) is 39.3 Å². The third-order valence-corrected chi connectivity index (χ3v) is 2.48. The highest BCUT2D eigenvalue weighted by Crippen LogP contribution is 2.10. The average Bonchev–Trinajstić information content (AvgIpc) is 2.74. The monoisotopic (exact) mass is 218 g/mol. The maximum atomic E-state index is 11.9. The number of terminal acetylenes is 1. The van der Waals surface area contributed by atoms with Crippen molar-refractivity contribution in [3.8, 4) is 12.3 Å². The van der Waals surface area contributed by atoms with Crippen LogP contribution in [-0.2, 0) is 0 Å². The molecule has 1 atom stereocenters. The predicted molar refractivity (Wildman–Crippen MR) is 65.2 cm³/mol. The van der Waals surface area contributed by atoms with Crippen LogP contribution in [-0.4, -0.2) is 16.5 Å². The van der Waals surface area contributed by atoms with E-state index < -0.39 is 0 Å². The Labute approximate surface area is 96.8 Å². The van der Waals surface area contributed by atoms with Crippen molar-refractivity contribution < 1.29 is 4.79 Å². The lowest BCUT2D eigenvalue weighted by molar-refractivity contribution is 0.0934. The van der Waals surface area contributed by atoms with Crippen LogP contribution < -0.4 is 5.32 Å².